The number of nitrogen functional groups attached to an aromatic ring is 1. The first-order valence-electron chi connectivity index (χ1n) is 6.84. The second-order valence-electron chi connectivity index (χ2n) is 5.45. The molecule has 1 saturated carbocycles. The van der Waals surface area contributed by atoms with Crippen molar-refractivity contribution in [2.45, 2.75) is 44.3 Å². The number of rotatable bonds is 4. The Bertz CT molecular complexity index is 453. The normalized spacial score (nSPS) is 18.4. The molecule has 0 aliphatic heterocycles. The van der Waals surface area contributed by atoms with Gasteiger partial charge in [0.2, 0.25) is 0 Å². The predicted octanol–water partition coefficient (Wildman–Crippen LogP) is 3.37. The van der Waals surface area contributed by atoms with Gasteiger partial charge in [0, 0.05) is 11.7 Å². The van der Waals surface area contributed by atoms with Crippen molar-refractivity contribution in [2.75, 3.05) is 5.73 Å². The Hall–Kier alpha value is -1.27. The number of benzene rings is 1. The van der Waals surface area contributed by atoms with Crippen LogP contribution >= 0.6 is 0 Å². The number of hydrazine groups is 1. The van der Waals surface area contributed by atoms with Gasteiger partial charge >= 0.3 is 6.18 Å². The van der Waals surface area contributed by atoms with E-state index in [-0.39, 0.29) is 6.04 Å². The van der Waals surface area contributed by atoms with Gasteiger partial charge in [-0.1, -0.05) is 25.7 Å². The Morgan fingerprint density at radius 2 is 1.90 bits per heavy atom. The molecule has 1 aromatic carbocycles. The van der Waals surface area contributed by atoms with Gasteiger partial charge in [0.15, 0.2) is 0 Å². The number of alkyl halides is 3. The molecule has 0 saturated heterocycles. The van der Waals surface area contributed by atoms with E-state index in [4.69, 9.17) is 11.6 Å². The van der Waals surface area contributed by atoms with Crippen molar-refractivity contribution in [3.8, 4) is 0 Å². The lowest BCUT2D eigenvalue weighted by atomic mass is 9.92. The second-order valence-corrected chi connectivity index (χ2v) is 5.45. The van der Waals surface area contributed by atoms with Crippen LogP contribution in [0.5, 0.6) is 0 Å². The molecule has 1 atom stereocenters. The quantitative estimate of drug-likeness (QED) is 0.452. The Labute approximate surface area is 116 Å². The van der Waals surface area contributed by atoms with Gasteiger partial charge in [0.05, 0.1) is 5.56 Å². The topological polar surface area (TPSA) is 64.1 Å². The molecule has 1 aliphatic rings. The van der Waals surface area contributed by atoms with Crippen molar-refractivity contribution in [1.82, 2.24) is 5.43 Å². The zero-order chi connectivity index (χ0) is 14.8. The van der Waals surface area contributed by atoms with Gasteiger partial charge in [0.25, 0.3) is 0 Å². The highest BCUT2D eigenvalue weighted by molar-refractivity contribution is 5.50. The van der Waals surface area contributed by atoms with Crippen molar-refractivity contribution in [3.05, 3.63) is 29.3 Å². The minimum Gasteiger partial charge on any atom is -0.398 e. The molecule has 112 valence electrons. The fourth-order valence-corrected chi connectivity index (χ4v) is 2.92. The molecular weight excluding hydrogens is 267 g/mol. The van der Waals surface area contributed by atoms with Gasteiger partial charge in [-0.2, -0.15) is 13.2 Å². The van der Waals surface area contributed by atoms with Crippen LogP contribution in [0.25, 0.3) is 0 Å². The van der Waals surface area contributed by atoms with Crippen LogP contribution in [0, 0.1) is 5.92 Å². The fourth-order valence-electron chi connectivity index (χ4n) is 2.92. The molecule has 5 N–H and O–H groups in total. The Kier molecular flexibility index (Phi) is 4.55. The summed E-state index contributed by atoms with van der Waals surface area (Å²) in [4.78, 5) is 0. The molecule has 0 heterocycles. The molecule has 2 rings (SSSR count). The molecule has 1 aromatic rings. The zero-order valence-electron chi connectivity index (χ0n) is 11.2. The standard InChI is InChI=1S/C14H20F3N3/c15-14(16,17)10-5-6-12(18)11(8-10)13(20-19)7-9-3-1-2-4-9/h5-6,8-9,13,20H,1-4,7,18-19H2. The predicted molar refractivity (Wildman–Crippen MR) is 72.5 cm³/mol. The first-order chi connectivity index (χ1) is 9.41. The number of hydrogen-bond acceptors (Lipinski definition) is 3. The summed E-state index contributed by atoms with van der Waals surface area (Å²) in [5.74, 6) is 6.03. The molecule has 20 heavy (non-hydrogen) atoms. The summed E-state index contributed by atoms with van der Waals surface area (Å²) < 4.78 is 38.3. The average molecular weight is 287 g/mol. The SMILES string of the molecule is NNC(CC1CCCC1)c1cc(C(F)(F)F)ccc1N. The van der Waals surface area contributed by atoms with Crippen molar-refractivity contribution < 1.29 is 13.2 Å². The van der Waals surface area contributed by atoms with E-state index in [1.165, 1.54) is 18.9 Å². The van der Waals surface area contributed by atoms with Crippen LogP contribution in [-0.2, 0) is 6.18 Å². The number of hydrogen-bond donors (Lipinski definition) is 3. The molecule has 3 nitrogen and oxygen atoms in total. The van der Waals surface area contributed by atoms with Gasteiger partial charge < -0.3 is 5.73 Å². The largest absolute Gasteiger partial charge is 0.416 e. The molecule has 1 fully saturated rings. The third-order valence-electron chi connectivity index (χ3n) is 4.03. The average Bonchev–Trinajstić information content (AvgIpc) is 2.88. The third-order valence-corrected chi connectivity index (χ3v) is 4.03. The van der Waals surface area contributed by atoms with Crippen molar-refractivity contribution >= 4 is 5.69 Å². The zero-order valence-corrected chi connectivity index (χ0v) is 11.2. The molecular formula is C14H20F3N3. The highest BCUT2D eigenvalue weighted by atomic mass is 19.4. The van der Waals surface area contributed by atoms with Crippen LogP contribution in [0.2, 0.25) is 0 Å². The first kappa shape index (κ1) is 15.1. The lowest BCUT2D eigenvalue weighted by Crippen LogP contribution is -2.30. The first-order valence-corrected chi connectivity index (χ1v) is 6.84. The molecule has 6 heteroatoms. The molecule has 0 radical (unpaired) electrons. The summed E-state index contributed by atoms with van der Waals surface area (Å²) in [6.07, 6.45) is 0.936. The van der Waals surface area contributed by atoms with Crippen molar-refractivity contribution in [2.24, 2.45) is 11.8 Å². The van der Waals surface area contributed by atoms with E-state index >= 15 is 0 Å². The van der Waals surface area contributed by atoms with E-state index in [1.807, 2.05) is 0 Å². The van der Waals surface area contributed by atoms with Crippen molar-refractivity contribution in [1.29, 1.82) is 0 Å². The summed E-state index contributed by atoms with van der Waals surface area (Å²) in [7, 11) is 0. The van der Waals surface area contributed by atoms with E-state index in [2.05, 4.69) is 5.43 Å². The summed E-state index contributed by atoms with van der Waals surface area (Å²) >= 11 is 0. The van der Waals surface area contributed by atoms with Gasteiger partial charge in [-0.05, 0) is 36.1 Å². The van der Waals surface area contributed by atoms with E-state index in [0.29, 0.717) is 17.2 Å². The van der Waals surface area contributed by atoms with Crippen LogP contribution in [0.15, 0.2) is 18.2 Å². The maximum Gasteiger partial charge on any atom is 0.416 e. The van der Waals surface area contributed by atoms with Crippen LogP contribution in [0.3, 0.4) is 0 Å². The lowest BCUT2D eigenvalue weighted by Gasteiger charge is -2.22. The molecule has 0 spiro atoms. The maximum absolute atomic E-state index is 12.8. The maximum atomic E-state index is 12.8. The monoisotopic (exact) mass is 287 g/mol. The Balaban J connectivity index is 2.23. The van der Waals surface area contributed by atoms with Gasteiger partial charge in [-0.25, -0.2) is 0 Å². The minimum absolute atomic E-state index is 0.333. The molecule has 0 amide bonds. The highest BCUT2D eigenvalue weighted by Crippen LogP contribution is 2.37. The summed E-state index contributed by atoms with van der Waals surface area (Å²) in [5.41, 5.74) is 8.54. The van der Waals surface area contributed by atoms with E-state index in [1.54, 1.807) is 0 Å². The molecule has 0 aromatic heterocycles. The van der Waals surface area contributed by atoms with Gasteiger partial charge in [-0.15, -0.1) is 0 Å². The highest BCUT2D eigenvalue weighted by Gasteiger charge is 2.32. The Morgan fingerprint density at radius 1 is 1.25 bits per heavy atom. The number of halogens is 3. The van der Waals surface area contributed by atoms with E-state index in [0.717, 1.165) is 31.4 Å². The summed E-state index contributed by atoms with van der Waals surface area (Å²) in [6.45, 7) is 0. The fraction of sp³-hybridized carbons (Fsp3) is 0.571. The molecule has 1 aliphatic carbocycles. The van der Waals surface area contributed by atoms with Gasteiger partial charge in [0.1, 0.15) is 0 Å². The van der Waals surface area contributed by atoms with E-state index < -0.39 is 11.7 Å². The summed E-state index contributed by atoms with van der Waals surface area (Å²) in [5, 5.41) is 0. The second kappa shape index (κ2) is 6.01. The summed E-state index contributed by atoms with van der Waals surface area (Å²) in [6, 6.07) is 3.08. The van der Waals surface area contributed by atoms with Crippen LogP contribution in [-0.4, -0.2) is 0 Å². The molecule has 1 unspecified atom stereocenters. The van der Waals surface area contributed by atoms with Crippen molar-refractivity contribution in [3.63, 3.8) is 0 Å². The number of anilines is 1. The van der Waals surface area contributed by atoms with Crippen LogP contribution in [0.4, 0.5) is 18.9 Å². The van der Waals surface area contributed by atoms with Crippen LogP contribution < -0.4 is 17.0 Å². The smallest absolute Gasteiger partial charge is 0.398 e. The minimum atomic E-state index is -4.37. The van der Waals surface area contributed by atoms with Gasteiger partial charge in [-0.3, -0.25) is 11.3 Å². The lowest BCUT2D eigenvalue weighted by molar-refractivity contribution is -0.137. The molecule has 0 bridgehead atoms. The van der Waals surface area contributed by atoms with E-state index in [9.17, 15) is 13.2 Å². The number of nitrogens with two attached hydrogens (primary N) is 2. The Morgan fingerprint density at radius 3 is 2.45 bits per heavy atom. The number of nitrogens with one attached hydrogen (secondary N) is 1. The van der Waals surface area contributed by atoms with Crippen LogP contribution in [0.1, 0.15) is 49.3 Å². The third kappa shape index (κ3) is 3.43.